The van der Waals surface area contributed by atoms with Gasteiger partial charge in [-0.2, -0.15) is 13.4 Å². The number of benzene rings is 1. The maximum Gasteiger partial charge on any atom is 0.281 e. The van der Waals surface area contributed by atoms with Crippen molar-refractivity contribution in [2.24, 2.45) is 0 Å². The maximum absolute atomic E-state index is 11.9. The van der Waals surface area contributed by atoms with E-state index in [1.54, 1.807) is 0 Å². The third kappa shape index (κ3) is 2.38. The molecule has 1 aromatic carbocycles. The number of H-pyrrole nitrogens is 1. The monoisotopic (exact) mass is 290 g/mol. The van der Waals surface area contributed by atoms with Crippen molar-refractivity contribution < 1.29 is 8.42 Å². The van der Waals surface area contributed by atoms with E-state index in [0.29, 0.717) is 0 Å². The van der Waals surface area contributed by atoms with Crippen LogP contribution in [-0.2, 0) is 10.0 Å². The quantitative estimate of drug-likeness (QED) is 0.739. The number of sulfonamides is 1. The van der Waals surface area contributed by atoms with Crippen molar-refractivity contribution in [2.75, 3.05) is 4.72 Å². The van der Waals surface area contributed by atoms with Gasteiger partial charge >= 0.3 is 0 Å². The van der Waals surface area contributed by atoms with Crippen molar-refractivity contribution in [1.29, 1.82) is 0 Å². The molecule has 2 aromatic heterocycles. The molecule has 0 aliphatic carbocycles. The molecule has 9 heteroatoms. The van der Waals surface area contributed by atoms with E-state index in [0.717, 1.165) is 5.69 Å². The molecule has 0 saturated carbocycles. The van der Waals surface area contributed by atoms with Crippen LogP contribution < -0.4 is 4.72 Å². The van der Waals surface area contributed by atoms with Crippen molar-refractivity contribution in [3.8, 4) is 5.69 Å². The van der Waals surface area contributed by atoms with Crippen LogP contribution in [0.1, 0.15) is 0 Å². The molecular formula is C11H10N6O2S. The Morgan fingerprint density at radius 3 is 2.70 bits per heavy atom. The predicted octanol–water partition coefficient (Wildman–Crippen LogP) is 0.791. The molecule has 2 N–H and O–H groups in total. The molecule has 0 saturated heterocycles. The van der Waals surface area contributed by atoms with Crippen LogP contribution in [0.2, 0.25) is 0 Å². The molecule has 20 heavy (non-hydrogen) atoms. The Kier molecular flexibility index (Phi) is 2.95. The van der Waals surface area contributed by atoms with E-state index in [4.69, 9.17) is 0 Å². The predicted molar refractivity (Wildman–Crippen MR) is 70.8 cm³/mol. The van der Waals surface area contributed by atoms with Gasteiger partial charge in [0, 0.05) is 0 Å². The van der Waals surface area contributed by atoms with Gasteiger partial charge in [-0.15, -0.1) is 5.10 Å². The van der Waals surface area contributed by atoms with Gasteiger partial charge in [0.25, 0.3) is 16.0 Å². The number of rotatable bonds is 4. The van der Waals surface area contributed by atoms with Gasteiger partial charge in [0.2, 0.25) is 0 Å². The Hall–Kier alpha value is -2.68. The van der Waals surface area contributed by atoms with Gasteiger partial charge in [-0.05, 0) is 12.1 Å². The van der Waals surface area contributed by atoms with E-state index in [-0.39, 0.29) is 11.0 Å². The zero-order valence-corrected chi connectivity index (χ0v) is 10.9. The SMILES string of the molecule is O=S(=O)(Nc1ncn(-c2ccccc2)n1)c1cnc[nH]1. The first kappa shape index (κ1) is 12.4. The van der Waals surface area contributed by atoms with Gasteiger partial charge in [-0.3, -0.25) is 0 Å². The zero-order valence-electron chi connectivity index (χ0n) is 10.1. The lowest BCUT2D eigenvalue weighted by Crippen LogP contribution is -2.14. The topological polar surface area (TPSA) is 106 Å². The number of para-hydroxylation sites is 1. The van der Waals surface area contributed by atoms with Crippen molar-refractivity contribution in [1.82, 2.24) is 24.7 Å². The van der Waals surface area contributed by atoms with Gasteiger partial charge < -0.3 is 4.98 Å². The van der Waals surface area contributed by atoms with Gasteiger partial charge in [-0.25, -0.2) is 14.4 Å². The number of nitrogens with one attached hydrogen (secondary N) is 2. The lowest BCUT2D eigenvalue weighted by atomic mass is 10.3. The Balaban J connectivity index is 1.85. The van der Waals surface area contributed by atoms with Gasteiger partial charge in [0.1, 0.15) is 6.33 Å². The smallest absolute Gasteiger partial charge is 0.281 e. The van der Waals surface area contributed by atoms with E-state index in [1.807, 2.05) is 30.3 Å². The zero-order chi connectivity index (χ0) is 14.0. The summed E-state index contributed by atoms with van der Waals surface area (Å²) in [6, 6.07) is 9.25. The van der Waals surface area contributed by atoms with E-state index in [2.05, 4.69) is 24.8 Å². The fraction of sp³-hybridized carbons (Fsp3) is 0. The molecule has 0 aliphatic heterocycles. The summed E-state index contributed by atoms with van der Waals surface area (Å²) >= 11 is 0. The van der Waals surface area contributed by atoms with Crippen LogP contribution in [-0.4, -0.2) is 33.2 Å². The molecule has 102 valence electrons. The summed E-state index contributed by atoms with van der Waals surface area (Å²) in [6.45, 7) is 0. The van der Waals surface area contributed by atoms with Crippen molar-refractivity contribution in [2.45, 2.75) is 5.03 Å². The van der Waals surface area contributed by atoms with Gasteiger partial charge in [0.05, 0.1) is 18.2 Å². The Morgan fingerprint density at radius 2 is 2.00 bits per heavy atom. The lowest BCUT2D eigenvalue weighted by molar-refractivity contribution is 0.598. The highest BCUT2D eigenvalue weighted by Gasteiger charge is 2.17. The van der Waals surface area contributed by atoms with Crippen molar-refractivity contribution in [3.05, 3.63) is 49.2 Å². The largest absolute Gasteiger partial charge is 0.334 e. The first-order valence-electron chi connectivity index (χ1n) is 5.63. The van der Waals surface area contributed by atoms with E-state index in [9.17, 15) is 8.42 Å². The molecule has 0 unspecified atom stereocenters. The second kappa shape index (κ2) is 4.78. The highest BCUT2D eigenvalue weighted by atomic mass is 32.2. The highest BCUT2D eigenvalue weighted by Crippen LogP contribution is 2.11. The summed E-state index contributed by atoms with van der Waals surface area (Å²) in [5.74, 6) is -0.0107. The first-order valence-corrected chi connectivity index (χ1v) is 7.12. The van der Waals surface area contributed by atoms with E-state index in [1.165, 1.54) is 23.5 Å². The normalized spacial score (nSPS) is 11.4. The van der Waals surface area contributed by atoms with Crippen LogP contribution in [0.5, 0.6) is 0 Å². The van der Waals surface area contributed by atoms with Crippen molar-refractivity contribution in [3.63, 3.8) is 0 Å². The molecule has 3 aromatic rings. The number of nitrogens with zero attached hydrogens (tertiary/aromatic N) is 4. The maximum atomic E-state index is 11.9. The molecule has 8 nitrogen and oxygen atoms in total. The molecule has 0 aliphatic rings. The molecule has 0 bridgehead atoms. The second-order valence-electron chi connectivity index (χ2n) is 3.87. The summed E-state index contributed by atoms with van der Waals surface area (Å²) in [6.07, 6.45) is 3.92. The van der Waals surface area contributed by atoms with Crippen LogP contribution in [0.4, 0.5) is 5.95 Å². The standard InChI is InChI=1S/C11H10N6O2S/c18-20(19,10-6-12-7-13-10)16-11-14-8-17(15-11)9-4-2-1-3-5-9/h1-8H,(H,12,13)(H,15,16). The minimum atomic E-state index is -3.75. The average molecular weight is 290 g/mol. The van der Waals surface area contributed by atoms with Gasteiger partial charge in [-0.1, -0.05) is 18.2 Å². The minimum Gasteiger partial charge on any atom is -0.334 e. The Labute approximate surface area is 114 Å². The summed E-state index contributed by atoms with van der Waals surface area (Å²) in [5, 5.41) is 4.01. The van der Waals surface area contributed by atoms with Crippen LogP contribution >= 0.6 is 0 Å². The molecule has 0 fully saturated rings. The van der Waals surface area contributed by atoms with Crippen LogP contribution in [0, 0.1) is 0 Å². The average Bonchev–Trinajstić information content (AvgIpc) is 3.10. The van der Waals surface area contributed by atoms with Crippen LogP contribution in [0.15, 0.2) is 54.2 Å². The fourth-order valence-corrected chi connectivity index (χ4v) is 2.43. The van der Waals surface area contributed by atoms with Crippen LogP contribution in [0.25, 0.3) is 5.69 Å². The third-order valence-corrected chi connectivity index (χ3v) is 3.75. The van der Waals surface area contributed by atoms with Crippen molar-refractivity contribution >= 4 is 16.0 Å². The second-order valence-corrected chi connectivity index (χ2v) is 5.52. The molecular weight excluding hydrogens is 280 g/mol. The number of hydrogen-bond donors (Lipinski definition) is 2. The summed E-state index contributed by atoms with van der Waals surface area (Å²) in [4.78, 5) is 10.1. The Morgan fingerprint density at radius 1 is 1.20 bits per heavy atom. The molecule has 0 radical (unpaired) electrons. The number of imidazole rings is 1. The summed E-state index contributed by atoms with van der Waals surface area (Å²) < 4.78 is 27.6. The molecule has 2 heterocycles. The third-order valence-electron chi connectivity index (χ3n) is 2.50. The summed E-state index contributed by atoms with van der Waals surface area (Å²) in [7, 11) is -3.75. The number of anilines is 1. The first-order chi connectivity index (χ1) is 9.65. The Bertz CT molecular complexity index is 795. The fourth-order valence-electron chi connectivity index (χ4n) is 1.58. The number of aromatic nitrogens is 5. The van der Waals surface area contributed by atoms with Crippen LogP contribution in [0.3, 0.4) is 0 Å². The highest BCUT2D eigenvalue weighted by molar-refractivity contribution is 7.92. The van der Waals surface area contributed by atoms with E-state index >= 15 is 0 Å². The molecule has 0 spiro atoms. The van der Waals surface area contributed by atoms with Gasteiger partial charge in [0.15, 0.2) is 5.03 Å². The lowest BCUT2D eigenvalue weighted by Gasteiger charge is -2.01. The minimum absolute atomic E-state index is 0.0107. The summed E-state index contributed by atoms with van der Waals surface area (Å²) in [5.41, 5.74) is 0.784. The molecule has 3 rings (SSSR count). The van der Waals surface area contributed by atoms with E-state index < -0.39 is 10.0 Å². The number of aromatic amines is 1. The number of hydrogen-bond acceptors (Lipinski definition) is 5. The molecule has 0 atom stereocenters. The molecule has 0 amide bonds.